The van der Waals surface area contributed by atoms with Crippen molar-refractivity contribution >= 4 is 43.6 Å². The van der Waals surface area contributed by atoms with E-state index in [9.17, 15) is 0 Å². The van der Waals surface area contributed by atoms with Crippen LogP contribution in [0.15, 0.2) is 199 Å². The Morgan fingerprint density at radius 2 is 0.860 bits per heavy atom. The lowest BCUT2D eigenvalue weighted by Crippen LogP contribution is -2.01. The molecule has 57 heavy (non-hydrogen) atoms. The molecular weight excluding hydrogens is 697 g/mol. The van der Waals surface area contributed by atoms with Crippen molar-refractivity contribution in [1.29, 1.82) is 0 Å². The van der Waals surface area contributed by atoms with Crippen LogP contribution in [0.4, 0.5) is 0 Å². The third kappa shape index (κ3) is 5.72. The summed E-state index contributed by atoms with van der Waals surface area (Å²) in [5.74, 6) is 1.87. The van der Waals surface area contributed by atoms with Gasteiger partial charge in [0.25, 0.3) is 0 Å². The van der Waals surface area contributed by atoms with E-state index >= 15 is 0 Å². The van der Waals surface area contributed by atoms with E-state index in [0.29, 0.717) is 17.5 Å². The van der Waals surface area contributed by atoms with E-state index < -0.39 is 0 Å². The van der Waals surface area contributed by atoms with E-state index in [2.05, 4.69) is 133 Å². The molecule has 0 radical (unpaired) electrons. The van der Waals surface area contributed by atoms with Crippen molar-refractivity contribution in [2.75, 3.05) is 0 Å². The highest BCUT2D eigenvalue weighted by Crippen LogP contribution is 2.42. The van der Waals surface area contributed by atoms with Crippen molar-refractivity contribution in [1.82, 2.24) is 19.9 Å². The fourth-order valence-corrected chi connectivity index (χ4v) is 8.00. The fraction of sp³-hybridized carbons (Fsp3) is 0. The predicted molar refractivity (Wildman–Crippen MR) is 233 cm³/mol. The number of para-hydroxylation sites is 1. The SMILES string of the molecule is c1ccc(-c2nc(-c3ccc(-c4ccc5nc(-c6ccccc6)c6ccc7oc8ccccc8c7c6c5c4)cc3)nc(-c3ccccc3-c3ccccc3)n2)cc1. The topological polar surface area (TPSA) is 64.7 Å². The molecule has 0 unspecified atom stereocenters. The predicted octanol–water partition coefficient (Wildman–Crippen LogP) is 13.5. The smallest absolute Gasteiger partial charge is 0.164 e. The summed E-state index contributed by atoms with van der Waals surface area (Å²) in [5, 5.41) is 5.51. The Balaban J connectivity index is 1.06. The molecule has 11 rings (SSSR count). The monoisotopic (exact) mass is 728 g/mol. The lowest BCUT2D eigenvalue weighted by atomic mass is 9.94. The van der Waals surface area contributed by atoms with E-state index in [1.54, 1.807) is 0 Å². The van der Waals surface area contributed by atoms with Gasteiger partial charge in [-0.25, -0.2) is 19.9 Å². The standard InChI is InChI=1S/C52H32N4O/c1-4-14-34(15-5-1)39-20-10-11-21-40(39)52-55-50(36-18-8-3-9-19-36)54-51(56-52)37-26-24-33(25-27-37)38-28-30-44-43(32-38)47-42(49(53-44)35-16-6-2-7-17-35)29-31-46-48(47)41-22-12-13-23-45(41)57-46/h1-32H. The highest BCUT2D eigenvalue weighted by Gasteiger charge is 2.19. The number of benzene rings is 8. The number of pyridine rings is 1. The van der Waals surface area contributed by atoms with Crippen LogP contribution in [0.5, 0.6) is 0 Å². The molecule has 0 aliphatic rings. The van der Waals surface area contributed by atoms with Gasteiger partial charge in [0.2, 0.25) is 0 Å². The summed E-state index contributed by atoms with van der Waals surface area (Å²) < 4.78 is 6.39. The van der Waals surface area contributed by atoms with E-state index in [4.69, 9.17) is 24.4 Å². The molecular formula is C52H32N4O. The molecule has 8 aromatic carbocycles. The first kappa shape index (κ1) is 32.7. The number of aromatic nitrogens is 4. The molecule has 0 fully saturated rings. The number of rotatable bonds is 6. The van der Waals surface area contributed by atoms with Crippen LogP contribution in [0, 0.1) is 0 Å². The average Bonchev–Trinajstić information content (AvgIpc) is 3.68. The van der Waals surface area contributed by atoms with Crippen molar-refractivity contribution in [3.05, 3.63) is 194 Å². The lowest BCUT2D eigenvalue weighted by molar-refractivity contribution is 0.669. The number of furan rings is 1. The number of hydrogen-bond donors (Lipinski definition) is 0. The Morgan fingerprint density at radius 1 is 0.298 bits per heavy atom. The van der Waals surface area contributed by atoms with Gasteiger partial charge < -0.3 is 4.42 Å². The van der Waals surface area contributed by atoms with Gasteiger partial charge in [0.05, 0.1) is 11.2 Å². The van der Waals surface area contributed by atoms with Crippen LogP contribution < -0.4 is 0 Å². The number of fused-ring (bicyclic) bond motifs is 7. The van der Waals surface area contributed by atoms with Gasteiger partial charge in [-0.1, -0.05) is 164 Å². The van der Waals surface area contributed by atoms with Crippen molar-refractivity contribution in [3.63, 3.8) is 0 Å². The molecule has 0 atom stereocenters. The largest absolute Gasteiger partial charge is 0.456 e. The molecule has 5 heteroatoms. The molecule has 0 N–H and O–H groups in total. The van der Waals surface area contributed by atoms with Gasteiger partial charge in [-0.05, 0) is 52.6 Å². The van der Waals surface area contributed by atoms with Crippen molar-refractivity contribution in [2.24, 2.45) is 0 Å². The van der Waals surface area contributed by atoms with Crippen molar-refractivity contribution in [3.8, 4) is 67.7 Å². The minimum absolute atomic E-state index is 0.615. The molecule has 0 aliphatic carbocycles. The van der Waals surface area contributed by atoms with E-state index in [-0.39, 0.29) is 0 Å². The van der Waals surface area contributed by atoms with Crippen molar-refractivity contribution < 1.29 is 4.42 Å². The van der Waals surface area contributed by atoms with Gasteiger partial charge >= 0.3 is 0 Å². The summed E-state index contributed by atoms with van der Waals surface area (Å²) >= 11 is 0. The highest BCUT2D eigenvalue weighted by molar-refractivity contribution is 6.28. The summed E-state index contributed by atoms with van der Waals surface area (Å²) in [5.41, 5.74) is 11.8. The maximum Gasteiger partial charge on any atom is 0.164 e. The van der Waals surface area contributed by atoms with Crippen LogP contribution in [-0.4, -0.2) is 19.9 Å². The molecule has 0 amide bonds. The zero-order chi connectivity index (χ0) is 37.7. The summed E-state index contributed by atoms with van der Waals surface area (Å²) in [4.78, 5) is 20.4. The average molecular weight is 729 g/mol. The van der Waals surface area contributed by atoms with Crippen LogP contribution in [0.2, 0.25) is 0 Å². The summed E-state index contributed by atoms with van der Waals surface area (Å²) in [6, 6.07) is 66.8. The van der Waals surface area contributed by atoms with Crippen LogP contribution in [-0.2, 0) is 0 Å². The lowest BCUT2D eigenvalue weighted by Gasteiger charge is -2.13. The Morgan fingerprint density at radius 3 is 1.60 bits per heavy atom. The molecule has 0 bridgehead atoms. The zero-order valence-corrected chi connectivity index (χ0v) is 30.7. The van der Waals surface area contributed by atoms with E-state index in [1.165, 1.54) is 0 Å². The first-order valence-corrected chi connectivity index (χ1v) is 19.1. The Hall–Kier alpha value is -7.76. The minimum Gasteiger partial charge on any atom is -0.456 e. The molecule has 3 aromatic heterocycles. The van der Waals surface area contributed by atoms with Crippen LogP contribution >= 0.6 is 0 Å². The van der Waals surface area contributed by atoms with Gasteiger partial charge in [-0.3, -0.25) is 0 Å². The number of hydrogen-bond acceptors (Lipinski definition) is 5. The third-order valence-corrected chi connectivity index (χ3v) is 10.7. The third-order valence-electron chi connectivity index (χ3n) is 10.7. The summed E-state index contributed by atoms with van der Waals surface area (Å²) in [6.07, 6.45) is 0. The molecule has 5 nitrogen and oxygen atoms in total. The minimum atomic E-state index is 0.615. The van der Waals surface area contributed by atoms with Gasteiger partial charge in [0, 0.05) is 49.2 Å². The van der Waals surface area contributed by atoms with Gasteiger partial charge in [-0.2, -0.15) is 0 Å². The maximum atomic E-state index is 6.39. The molecule has 0 spiro atoms. The van der Waals surface area contributed by atoms with Crippen LogP contribution in [0.1, 0.15) is 0 Å². The van der Waals surface area contributed by atoms with Gasteiger partial charge in [0.1, 0.15) is 11.2 Å². The van der Waals surface area contributed by atoms with Crippen LogP contribution in [0.25, 0.3) is 111 Å². The first-order chi connectivity index (χ1) is 28.2. The zero-order valence-electron chi connectivity index (χ0n) is 30.7. The molecule has 0 aliphatic heterocycles. The van der Waals surface area contributed by atoms with Gasteiger partial charge in [-0.15, -0.1) is 0 Å². The molecule has 0 saturated heterocycles. The fourth-order valence-electron chi connectivity index (χ4n) is 8.00. The maximum absolute atomic E-state index is 6.39. The first-order valence-electron chi connectivity index (χ1n) is 19.1. The quantitative estimate of drug-likeness (QED) is 0.160. The molecule has 0 saturated carbocycles. The van der Waals surface area contributed by atoms with Gasteiger partial charge in [0.15, 0.2) is 17.5 Å². The highest BCUT2D eigenvalue weighted by atomic mass is 16.3. The molecule has 11 aromatic rings. The Labute approximate surface area is 328 Å². The van der Waals surface area contributed by atoms with E-state index in [0.717, 1.165) is 93.8 Å². The molecule has 266 valence electrons. The molecule has 3 heterocycles. The second kappa shape index (κ2) is 13.5. The Bertz CT molecular complexity index is 3270. The second-order valence-electron chi connectivity index (χ2n) is 14.2. The van der Waals surface area contributed by atoms with E-state index in [1.807, 2.05) is 60.7 Å². The van der Waals surface area contributed by atoms with Crippen LogP contribution in [0.3, 0.4) is 0 Å². The number of nitrogens with zero attached hydrogens (tertiary/aromatic N) is 4. The Kier molecular flexibility index (Phi) is 7.74. The summed E-state index contributed by atoms with van der Waals surface area (Å²) in [6.45, 7) is 0. The normalized spacial score (nSPS) is 11.5. The second-order valence-corrected chi connectivity index (χ2v) is 14.2. The van der Waals surface area contributed by atoms with Crippen molar-refractivity contribution in [2.45, 2.75) is 0 Å². The summed E-state index contributed by atoms with van der Waals surface area (Å²) in [7, 11) is 0.